The number of ether oxygens (including phenoxy) is 1. The van der Waals surface area contributed by atoms with Gasteiger partial charge in [-0.15, -0.1) is 12.1 Å². The van der Waals surface area contributed by atoms with Gasteiger partial charge in [-0.1, -0.05) is 29.8 Å². The van der Waals surface area contributed by atoms with Gasteiger partial charge in [0.1, 0.15) is 0 Å². The molecule has 0 spiro atoms. The number of nitrogens with zero attached hydrogens (tertiary/aromatic N) is 1. The zero-order valence-electron chi connectivity index (χ0n) is 16.9. The molecule has 2 aliphatic rings. The maximum atomic E-state index is 14.7. The topological polar surface area (TPSA) is 106 Å². The predicted molar refractivity (Wildman–Crippen MR) is 111 cm³/mol. The van der Waals surface area contributed by atoms with Gasteiger partial charge in [-0.2, -0.15) is 0 Å². The van der Waals surface area contributed by atoms with Crippen LogP contribution in [0.2, 0.25) is 0 Å². The van der Waals surface area contributed by atoms with E-state index in [9.17, 15) is 13.6 Å². The first kappa shape index (κ1) is 30.2. The maximum Gasteiger partial charge on any atom is 0.325 e. The van der Waals surface area contributed by atoms with Crippen LogP contribution in [0.15, 0.2) is 42.6 Å². The first-order valence-electron chi connectivity index (χ1n) is 8.30. The number of nitrogens with two attached hydrogens (primary N) is 2. The number of carbonyl (C=O) groups is 1. The molecule has 0 saturated heterocycles. The number of hydrogen-bond donors (Lipinski definition) is 0. The third-order valence-electron chi connectivity index (χ3n) is 4.99. The van der Waals surface area contributed by atoms with Crippen LogP contribution in [0.3, 0.4) is 0 Å². The molecule has 1 saturated carbocycles. The van der Waals surface area contributed by atoms with Gasteiger partial charge in [0, 0.05) is 31.9 Å². The van der Waals surface area contributed by atoms with Crippen molar-refractivity contribution in [2.75, 3.05) is 6.61 Å². The first-order valence-corrected chi connectivity index (χ1v) is 8.30. The van der Waals surface area contributed by atoms with E-state index in [1.165, 1.54) is 6.20 Å². The first-order chi connectivity index (χ1) is 12.1. The summed E-state index contributed by atoms with van der Waals surface area (Å²) in [5, 5.41) is 0. The molecule has 0 aliphatic heterocycles. The number of rotatable bonds is 4. The molecule has 4 rings (SSSR count). The second kappa shape index (κ2) is 12.6. The van der Waals surface area contributed by atoms with Crippen LogP contribution in [0.25, 0.3) is 23.6 Å². The van der Waals surface area contributed by atoms with Crippen molar-refractivity contribution in [1.29, 1.82) is 0 Å². The van der Waals surface area contributed by atoms with E-state index in [1.54, 1.807) is 18.2 Å². The second-order valence-electron chi connectivity index (χ2n) is 6.55. The number of hydrogen-bond acceptors (Lipinski definition) is 3. The molecule has 30 heavy (non-hydrogen) atoms. The fourth-order valence-electron chi connectivity index (χ4n) is 3.73. The average Bonchev–Trinajstić information content (AvgIpc) is 3.24. The van der Waals surface area contributed by atoms with Crippen LogP contribution in [0.5, 0.6) is 0 Å². The third-order valence-corrected chi connectivity index (χ3v) is 4.99. The molecular weight excluding hydrogens is 568 g/mol. The molecular formula is C22H26F2IrN3O2-5. The standard InChI is InChI=1S/C20H16F2NO2.2CH3.Ir.2H2N/c21-16-7-6-15(17-3-1-2-8-23-17)19(22)18(16)20(24)25-11-14-10-12-4-5-13(14)9-12;;;;;/h1-5,7-8,12-14H,9-11H2;2*1H3;;2*1H2/q3*-1;;2*-1. The van der Waals surface area contributed by atoms with Crippen molar-refractivity contribution in [3.63, 3.8) is 0 Å². The second-order valence-corrected chi connectivity index (χ2v) is 6.55. The molecule has 1 fully saturated rings. The van der Waals surface area contributed by atoms with E-state index in [-0.39, 0.29) is 71.0 Å². The largest absolute Gasteiger partial charge is 0.693 e. The SMILES string of the molecule is O=C(OCC1CC2C=CC1C2)c1c(F)c[c-]c(-c2ccccn2)c1F.[CH3-].[CH3-].[Ir].[NH2-].[NH2-]. The molecule has 1 heterocycles. The Morgan fingerprint density at radius 1 is 1.17 bits per heavy atom. The van der Waals surface area contributed by atoms with Gasteiger partial charge in [-0.05, 0) is 42.4 Å². The van der Waals surface area contributed by atoms with Crippen molar-refractivity contribution < 1.29 is 38.4 Å². The molecule has 1 radical (unpaired) electrons. The Bertz CT molecular complexity index is 850. The van der Waals surface area contributed by atoms with Gasteiger partial charge >= 0.3 is 5.97 Å². The summed E-state index contributed by atoms with van der Waals surface area (Å²) in [5.41, 5.74) is -0.442. The molecule has 2 aliphatic carbocycles. The van der Waals surface area contributed by atoms with Gasteiger partial charge in [-0.25, -0.2) is 4.79 Å². The molecule has 8 heteroatoms. The summed E-state index contributed by atoms with van der Waals surface area (Å²) in [6, 6.07) is 8.39. The van der Waals surface area contributed by atoms with E-state index < -0.39 is 23.2 Å². The van der Waals surface area contributed by atoms with Crippen molar-refractivity contribution in [1.82, 2.24) is 4.98 Å². The molecule has 1 aromatic carbocycles. The van der Waals surface area contributed by atoms with E-state index in [0.717, 1.165) is 18.9 Å². The zero-order chi connectivity index (χ0) is 17.4. The van der Waals surface area contributed by atoms with Gasteiger partial charge in [0.2, 0.25) is 0 Å². The number of fused-ring (bicyclic) bond motifs is 2. The molecule has 2 bridgehead atoms. The number of carbonyl (C=O) groups excluding carboxylic acids is 1. The van der Waals surface area contributed by atoms with E-state index in [1.807, 2.05) is 0 Å². The van der Waals surface area contributed by atoms with E-state index in [0.29, 0.717) is 11.8 Å². The summed E-state index contributed by atoms with van der Waals surface area (Å²) < 4.78 is 34.0. The summed E-state index contributed by atoms with van der Waals surface area (Å²) in [6.07, 6.45) is 7.86. The molecule has 2 aromatic rings. The van der Waals surface area contributed by atoms with E-state index in [4.69, 9.17) is 4.74 Å². The minimum Gasteiger partial charge on any atom is -0.693 e. The third kappa shape index (κ3) is 5.79. The maximum absolute atomic E-state index is 14.7. The van der Waals surface area contributed by atoms with Gasteiger partial charge < -0.3 is 36.9 Å². The number of esters is 1. The Morgan fingerprint density at radius 2 is 1.90 bits per heavy atom. The van der Waals surface area contributed by atoms with E-state index >= 15 is 0 Å². The minimum atomic E-state index is -0.989. The summed E-state index contributed by atoms with van der Waals surface area (Å²) >= 11 is 0. The molecule has 3 atom stereocenters. The Morgan fingerprint density at radius 3 is 2.47 bits per heavy atom. The number of halogens is 2. The van der Waals surface area contributed by atoms with Crippen molar-refractivity contribution >= 4 is 5.97 Å². The number of aromatic nitrogens is 1. The fraction of sp³-hybridized carbons (Fsp3) is 0.273. The Labute approximate surface area is 190 Å². The Kier molecular flexibility index (Phi) is 12.7. The average molecular weight is 595 g/mol. The van der Waals surface area contributed by atoms with Crippen LogP contribution in [-0.2, 0) is 24.8 Å². The molecule has 3 unspecified atom stereocenters. The zero-order valence-corrected chi connectivity index (χ0v) is 19.3. The van der Waals surface area contributed by atoms with Crippen molar-refractivity contribution in [3.8, 4) is 11.3 Å². The molecule has 4 N–H and O–H groups in total. The summed E-state index contributed by atoms with van der Waals surface area (Å²) in [4.78, 5) is 16.3. The minimum absolute atomic E-state index is 0. The van der Waals surface area contributed by atoms with Crippen LogP contribution < -0.4 is 0 Å². The van der Waals surface area contributed by atoms with Gasteiger partial charge in [0.25, 0.3) is 0 Å². The molecule has 0 amide bonds. The van der Waals surface area contributed by atoms with Gasteiger partial charge in [0.05, 0.1) is 18.2 Å². The van der Waals surface area contributed by atoms with Crippen molar-refractivity contribution in [2.24, 2.45) is 17.8 Å². The van der Waals surface area contributed by atoms with Gasteiger partial charge in [0.15, 0.2) is 0 Å². The predicted octanol–water partition coefficient (Wildman–Crippen LogP) is 6.53. The van der Waals surface area contributed by atoms with E-state index in [2.05, 4.69) is 23.2 Å². The summed E-state index contributed by atoms with van der Waals surface area (Å²) in [7, 11) is 0. The van der Waals surface area contributed by atoms with Crippen molar-refractivity contribution in [3.05, 3.63) is 93.0 Å². The Hall–Kier alpha value is -1.99. The fourth-order valence-corrected chi connectivity index (χ4v) is 3.73. The monoisotopic (exact) mass is 595 g/mol. The smallest absolute Gasteiger partial charge is 0.325 e. The number of benzene rings is 1. The molecule has 1 aromatic heterocycles. The quantitative estimate of drug-likeness (QED) is 0.228. The summed E-state index contributed by atoms with van der Waals surface area (Å²) in [6.45, 7) is 0.181. The Balaban J connectivity index is 0. The molecule has 5 nitrogen and oxygen atoms in total. The van der Waals surface area contributed by atoms with Gasteiger partial charge in [-0.3, -0.25) is 8.78 Å². The number of allylic oxidation sites excluding steroid dienone is 2. The van der Waals surface area contributed by atoms with Crippen LogP contribution in [0, 0.1) is 50.3 Å². The molecule has 169 valence electrons. The van der Waals surface area contributed by atoms with Crippen LogP contribution in [-0.4, -0.2) is 17.6 Å². The normalized spacial score (nSPS) is 19.9. The summed E-state index contributed by atoms with van der Waals surface area (Å²) in [5.74, 6) is -1.76. The van der Waals surface area contributed by atoms with Crippen LogP contribution in [0.4, 0.5) is 8.78 Å². The van der Waals surface area contributed by atoms with Crippen LogP contribution in [0.1, 0.15) is 23.2 Å². The number of pyridine rings is 1. The van der Waals surface area contributed by atoms with Crippen LogP contribution >= 0.6 is 0 Å². The van der Waals surface area contributed by atoms with Crippen molar-refractivity contribution in [2.45, 2.75) is 12.8 Å².